The van der Waals surface area contributed by atoms with Crippen molar-refractivity contribution in [3.8, 4) is 22.8 Å². The van der Waals surface area contributed by atoms with Gasteiger partial charge in [-0.2, -0.15) is 0 Å². The molecule has 2 aliphatic rings. The molecule has 1 aromatic heterocycles. The van der Waals surface area contributed by atoms with Gasteiger partial charge >= 0.3 is 5.97 Å². The van der Waals surface area contributed by atoms with Crippen LogP contribution in [0.2, 0.25) is 0 Å². The highest BCUT2D eigenvalue weighted by molar-refractivity contribution is 5.71. The van der Waals surface area contributed by atoms with Gasteiger partial charge in [0.15, 0.2) is 0 Å². The Bertz CT molecular complexity index is 1280. The molecule has 0 N–H and O–H groups in total. The molecular formula is C31H32FNO5. The zero-order valence-corrected chi connectivity index (χ0v) is 21.7. The first kappa shape index (κ1) is 25.9. The lowest BCUT2D eigenvalue weighted by Gasteiger charge is -2.18. The topological polar surface area (TPSA) is 66.9 Å². The molecule has 2 heterocycles. The molecular weight excluding hydrogens is 485 g/mol. The average molecular weight is 518 g/mol. The minimum Gasteiger partial charge on any atom is -0.486 e. The number of fused-ring (bicyclic) bond motifs is 1. The standard InChI is InChI=1S/C31H32FNO5/c1-3-4-21(17-30(34)35-2)20-5-8-23(9-6-20)37-28-13-11-26-25(10-12-27(32)31(26)28)22-7-14-29(33-18-22)38-24-15-16-36-19-24/h3-10,12,14,18,21,24,28H,11,13,15-17,19H2,1-2H3/t21-,24?,28?/m0/s1. The SMILES string of the molecule is CC=C[C@@H](CC(=O)OC)c1ccc(OC2CCc3c(-c4ccc(OC5CCOC5)nc4)ccc(F)c32)cc1. The van der Waals surface area contributed by atoms with E-state index in [1.54, 1.807) is 6.20 Å². The van der Waals surface area contributed by atoms with Crippen LogP contribution in [0.1, 0.15) is 54.9 Å². The van der Waals surface area contributed by atoms with E-state index in [-0.39, 0.29) is 36.3 Å². The molecule has 1 aliphatic carbocycles. The number of methoxy groups -OCH3 is 1. The second kappa shape index (κ2) is 11.8. The van der Waals surface area contributed by atoms with E-state index in [1.165, 1.54) is 13.2 Å². The normalized spacial score (nSPS) is 19.3. The van der Waals surface area contributed by atoms with Crippen molar-refractivity contribution in [2.24, 2.45) is 0 Å². The van der Waals surface area contributed by atoms with Gasteiger partial charge in [-0.1, -0.05) is 30.4 Å². The molecule has 6 nitrogen and oxygen atoms in total. The molecule has 2 aromatic carbocycles. The molecule has 38 heavy (non-hydrogen) atoms. The molecule has 0 amide bonds. The maximum Gasteiger partial charge on any atom is 0.306 e. The molecule has 0 radical (unpaired) electrons. The zero-order chi connectivity index (χ0) is 26.5. The van der Waals surface area contributed by atoms with E-state index < -0.39 is 0 Å². The van der Waals surface area contributed by atoms with Gasteiger partial charge in [0.25, 0.3) is 0 Å². The minimum absolute atomic E-state index is 0.0391. The van der Waals surface area contributed by atoms with Gasteiger partial charge in [0.2, 0.25) is 5.88 Å². The van der Waals surface area contributed by atoms with E-state index in [1.807, 2.05) is 61.5 Å². The van der Waals surface area contributed by atoms with Crippen LogP contribution < -0.4 is 9.47 Å². The number of aromatic nitrogens is 1. The molecule has 1 saturated heterocycles. The lowest BCUT2D eigenvalue weighted by atomic mass is 9.95. The number of allylic oxidation sites excluding steroid dienone is 2. The fourth-order valence-electron chi connectivity index (χ4n) is 5.20. The van der Waals surface area contributed by atoms with Crippen LogP contribution >= 0.6 is 0 Å². The third kappa shape index (κ3) is 5.73. The molecule has 198 valence electrons. The first-order valence-corrected chi connectivity index (χ1v) is 13.0. The number of rotatable bonds is 9. The summed E-state index contributed by atoms with van der Waals surface area (Å²) >= 11 is 0. The van der Waals surface area contributed by atoms with Crippen molar-refractivity contribution in [3.63, 3.8) is 0 Å². The van der Waals surface area contributed by atoms with Gasteiger partial charge in [-0.15, -0.1) is 0 Å². The maximum atomic E-state index is 15.1. The van der Waals surface area contributed by atoms with Crippen molar-refractivity contribution in [2.45, 2.75) is 50.7 Å². The monoisotopic (exact) mass is 517 g/mol. The Labute approximate surface area is 222 Å². The summed E-state index contributed by atoms with van der Waals surface area (Å²) < 4.78 is 37.4. The number of hydrogen-bond acceptors (Lipinski definition) is 6. The fourth-order valence-corrected chi connectivity index (χ4v) is 5.20. The van der Waals surface area contributed by atoms with Crippen LogP contribution in [-0.2, 0) is 20.7 Å². The third-order valence-corrected chi connectivity index (χ3v) is 7.13. The average Bonchev–Trinajstić information content (AvgIpc) is 3.60. The van der Waals surface area contributed by atoms with Gasteiger partial charge in [0.1, 0.15) is 23.8 Å². The van der Waals surface area contributed by atoms with Gasteiger partial charge in [0.05, 0.1) is 26.7 Å². The Balaban J connectivity index is 1.31. The molecule has 0 bridgehead atoms. The maximum absolute atomic E-state index is 15.1. The number of benzene rings is 2. The highest BCUT2D eigenvalue weighted by Crippen LogP contribution is 2.42. The quantitative estimate of drug-likeness (QED) is 0.244. The van der Waals surface area contributed by atoms with Crippen molar-refractivity contribution in [3.05, 3.63) is 89.4 Å². The highest BCUT2D eigenvalue weighted by Gasteiger charge is 2.30. The first-order chi connectivity index (χ1) is 18.6. The number of esters is 1. The summed E-state index contributed by atoms with van der Waals surface area (Å²) in [6.07, 6.45) is 7.87. The summed E-state index contributed by atoms with van der Waals surface area (Å²) in [6.45, 7) is 3.22. The van der Waals surface area contributed by atoms with Gasteiger partial charge in [-0.25, -0.2) is 9.37 Å². The Kier molecular flexibility index (Phi) is 8.03. The lowest BCUT2D eigenvalue weighted by Crippen LogP contribution is -2.16. The van der Waals surface area contributed by atoms with Crippen LogP contribution in [0, 0.1) is 5.82 Å². The van der Waals surface area contributed by atoms with E-state index in [0.29, 0.717) is 43.2 Å². The molecule has 0 spiro atoms. The van der Waals surface area contributed by atoms with Crippen LogP contribution in [-0.4, -0.2) is 37.4 Å². The van der Waals surface area contributed by atoms with E-state index in [9.17, 15) is 4.79 Å². The fraction of sp³-hybridized carbons (Fsp3) is 0.355. The summed E-state index contributed by atoms with van der Waals surface area (Å²) in [5.74, 6) is 0.626. The molecule has 3 atom stereocenters. The third-order valence-electron chi connectivity index (χ3n) is 7.13. The molecule has 1 aliphatic heterocycles. The Morgan fingerprint density at radius 1 is 1.13 bits per heavy atom. The van der Waals surface area contributed by atoms with Crippen molar-refractivity contribution in [1.29, 1.82) is 0 Å². The number of hydrogen-bond donors (Lipinski definition) is 0. The van der Waals surface area contributed by atoms with Crippen molar-refractivity contribution in [1.82, 2.24) is 4.98 Å². The smallest absolute Gasteiger partial charge is 0.306 e. The van der Waals surface area contributed by atoms with Crippen molar-refractivity contribution < 1.29 is 28.1 Å². The number of carbonyl (C=O) groups excluding carboxylic acids is 1. The largest absolute Gasteiger partial charge is 0.486 e. The second-order valence-corrected chi connectivity index (χ2v) is 9.60. The van der Waals surface area contributed by atoms with Gasteiger partial charge in [0, 0.05) is 35.7 Å². The van der Waals surface area contributed by atoms with Gasteiger partial charge in [-0.05, 0) is 60.7 Å². The highest BCUT2D eigenvalue weighted by atomic mass is 19.1. The number of nitrogens with zero attached hydrogens (tertiary/aromatic N) is 1. The summed E-state index contributed by atoms with van der Waals surface area (Å²) in [7, 11) is 1.39. The molecule has 0 saturated carbocycles. The van der Waals surface area contributed by atoms with Crippen molar-refractivity contribution in [2.75, 3.05) is 20.3 Å². The molecule has 2 unspecified atom stereocenters. The summed E-state index contributed by atoms with van der Waals surface area (Å²) in [6, 6.07) is 14.8. The summed E-state index contributed by atoms with van der Waals surface area (Å²) in [5, 5.41) is 0. The number of pyridine rings is 1. The van der Waals surface area contributed by atoms with E-state index >= 15 is 4.39 Å². The van der Waals surface area contributed by atoms with Gasteiger partial charge in [-0.3, -0.25) is 4.79 Å². The van der Waals surface area contributed by atoms with E-state index in [4.69, 9.17) is 18.9 Å². The predicted octanol–water partition coefficient (Wildman–Crippen LogP) is 6.34. The first-order valence-electron chi connectivity index (χ1n) is 13.0. The Hall–Kier alpha value is -3.71. The van der Waals surface area contributed by atoms with E-state index in [0.717, 1.165) is 28.7 Å². The zero-order valence-electron chi connectivity index (χ0n) is 21.7. The minimum atomic E-state index is -0.380. The van der Waals surface area contributed by atoms with Crippen LogP contribution in [0.5, 0.6) is 11.6 Å². The van der Waals surface area contributed by atoms with E-state index in [2.05, 4.69) is 4.98 Å². The molecule has 3 aromatic rings. The Morgan fingerprint density at radius 3 is 2.66 bits per heavy atom. The van der Waals surface area contributed by atoms with Crippen LogP contribution in [0.15, 0.2) is 66.9 Å². The van der Waals surface area contributed by atoms with Gasteiger partial charge < -0.3 is 18.9 Å². The number of carbonyl (C=O) groups is 1. The lowest BCUT2D eigenvalue weighted by molar-refractivity contribution is -0.140. The Morgan fingerprint density at radius 2 is 1.97 bits per heavy atom. The predicted molar refractivity (Wildman–Crippen MR) is 142 cm³/mol. The molecule has 1 fully saturated rings. The second-order valence-electron chi connectivity index (χ2n) is 9.60. The van der Waals surface area contributed by atoms with Crippen LogP contribution in [0.4, 0.5) is 4.39 Å². The number of ether oxygens (including phenoxy) is 4. The summed E-state index contributed by atoms with van der Waals surface area (Å²) in [4.78, 5) is 16.3. The van der Waals surface area contributed by atoms with Crippen LogP contribution in [0.25, 0.3) is 11.1 Å². The molecule has 5 rings (SSSR count). The van der Waals surface area contributed by atoms with Crippen LogP contribution in [0.3, 0.4) is 0 Å². The van der Waals surface area contributed by atoms with Crippen molar-refractivity contribution >= 4 is 5.97 Å². The molecule has 7 heteroatoms. The summed E-state index contributed by atoms with van der Waals surface area (Å²) in [5.41, 5.74) is 4.43. The number of halogens is 1.